The number of carbonyl (C=O) groups excluding carboxylic acids is 1. The SMILES string of the molecule is Cc1ncoc1C(=O)NCC1CCCC(O)C1. The maximum atomic E-state index is 11.7. The van der Waals surface area contributed by atoms with Gasteiger partial charge in [0.2, 0.25) is 5.76 Å². The summed E-state index contributed by atoms with van der Waals surface area (Å²) in [7, 11) is 0. The van der Waals surface area contributed by atoms with Crippen molar-refractivity contribution in [3.8, 4) is 0 Å². The summed E-state index contributed by atoms with van der Waals surface area (Å²) in [4.78, 5) is 15.6. The van der Waals surface area contributed by atoms with Crippen molar-refractivity contribution in [2.24, 2.45) is 5.92 Å². The van der Waals surface area contributed by atoms with Crippen molar-refractivity contribution in [3.05, 3.63) is 17.8 Å². The van der Waals surface area contributed by atoms with E-state index in [-0.39, 0.29) is 17.8 Å². The molecule has 0 saturated heterocycles. The minimum Gasteiger partial charge on any atom is -0.438 e. The van der Waals surface area contributed by atoms with Crippen molar-refractivity contribution in [2.45, 2.75) is 38.7 Å². The van der Waals surface area contributed by atoms with Crippen molar-refractivity contribution in [1.82, 2.24) is 10.3 Å². The molecule has 17 heavy (non-hydrogen) atoms. The summed E-state index contributed by atoms with van der Waals surface area (Å²) in [5.41, 5.74) is 0.603. The van der Waals surface area contributed by atoms with Gasteiger partial charge in [-0.05, 0) is 32.1 Å². The molecule has 0 radical (unpaired) electrons. The fourth-order valence-corrected chi connectivity index (χ4v) is 2.29. The Morgan fingerprint density at radius 1 is 1.65 bits per heavy atom. The summed E-state index contributed by atoms with van der Waals surface area (Å²) < 4.78 is 5.01. The van der Waals surface area contributed by atoms with Gasteiger partial charge in [0.15, 0.2) is 6.39 Å². The van der Waals surface area contributed by atoms with Gasteiger partial charge in [0.1, 0.15) is 0 Å². The van der Waals surface area contributed by atoms with Crippen molar-refractivity contribution >= 4 is 5.91 Å². The van der Waals surface area contributed by atoms with Crippen LogP contribution in [0.4, 0.5) is 0 Å². The molecular weight excluding hydrogens is 220 g/mol. The molecule has 1 aliphatic rings. The van der Waals surface area contributed by atoms with Crippen LogP contribution in [0.2, 0.25) is 0 Å². The quantitative estimate of drug-likeness (QED) is 0.831. The largest absolute Gasteiger partial charge is 0.438 e. The number of aryl methyl sites for hydroxylation is 1. The average molecular weight is 238 g/mol. The molecule has 1 aliphatic carbocycles. The third kappa shape index (κ3) is 3.06. The highest BCUT2D eigenvalue weighted by molar-refractivity contribution is 5.92. The molecule has 0 bridgehead atoms. The zero-order valence-electron chi connectivity index (χ0n) is 9.98. The Hall–Kier alpha value is -1.36. The molecule has 1 aromatic rings. The van der Waals surface area contributed by atoms with Crippen LogP contribution in [0.15, 0.2) is 10.8 Å². The van der Waals surface area contributed by atoms with Gasteiger partial charge in [0, 0.05) is 6.54 Å². The van der Waals surface area contributed by atoms with E-state index in [0.29, 0.717) is 18.2 Å². The Balaban J connectivity index is 1.82. The molecule has 1 saturated carbocycles. The number of nitrogens with zero attached hydrogens (tertiary/aromatic N) is 1. The summed E-state index contributed by atoms with van der Waals surface area (Å²) in [5.74, 6) is 0.423. The molecule has 2 unspecified atom stereocenters. The zero-order chi connectivity index (χ0) is 12.3. The van der Waals surface area contributed by atoms with Gasteiger partial charge in [0.25, 0.3) is 5.91 Å². The van der Waals surface area contributed by atoms with E-state index in [0.717, 1.165) is 25.7 Å². The molecule has 0 spiro atoms. The number of aliphatic hydroxyl groups is 1. The van der Waals surface area contributed by atoms with Crippen LogP contribution in [0, 0.1) is 12.8 Å². The highest BCUT2D eigenvalue weighted by Crippen LogP contribution is 2.23. The average Bonchev–Trinajstić information content (AvgIpc) is 2.72. The van der Waals surface area contributed by atoms with E-state index in [2.05, 4.69) is 10.3 Å². The van der Waals surface area contributed by atoms with E-state index in [1.165, 1.54) is 6.39 Å². The summed E-state index contributed by atoms with van der Waals surface area (Å²) in [6.45, 7) is 2.33. The van der Waals surface area contributed by atoms with Gasteiger partial charge in [-0.2, -0.15) is 0 Å². The van der Waals surface area contributed by atoms with E-state index >= 15 is 0 Å². The van der Waals surface area contributed by atoms with Crippen LogP contribution in [-0.4, -0.2) is 28.6 Å². The maximum Gasteiger partial charge on any atom is 0.289 e. The number of amides is 1. The van der Waals surface area contributed by atoms with Crippen LogP contribution in [0.1, 0.15) is 41.9 Å². The molecule has 1 heterocycles. The Kier molecular flexibility index (Phi) is 3.78. The van der Waals surface area contributed by atoms with Gasteiger partial charge in [-0.25, -0.2) is 4.98 Å². The number of rotatable bonds is 3. The molecule has 94 valence electrons. The number of carbonyl (C=O) groups is 1. The number of hydrogen-bond donors (Lipinski definition) is 2. The summed E-state index contributed by atoms with van der Waals surface area (Å²) in [5, 5.41) is 12.4. The lowest BCUT2D eigenvalue weighted by Crippen LogP contribution is -2.33. The van der Waals surface area contributed by atoms with Crippen molar-refractivity contribution in [2.75, 3.05) is 6.54 Å². The Morgan fingerprint density at radius 3 is 3.12 bits per heavy atom. The zero-order valence-corrected chi connectivity index (χ0v) is 9.98. The molecular formula is C12H18N2O3. The fourth-order valence-electron chi connectivity index (χ4n) is 2.29. The second-order valence-corrected chi connectivity index (χ2v) is 4.66. The Labute approximate surface area is 100 Å². The number of hydrogen-bond acceptors (Lipinski definition) is 4. The number of nitrogens with one attached hydrogen (secondary N) is 1. The summed E-state index contributed by atoms with van der Waals surface area (Å²) in [6, 6.07) is 0. The first-order valence-corrected chi connectivity index (χ1v) is 6.03. The molecule has 1 aromatic heterocycles. The van der Waals surface area contributed by atoms with Crippen molar-refractivity contribution in [3.63, 3.8) is 0 Å². The first kappa shape index (κ1) is 12.1. The first-order chi connectivity index (χ1) is 8.16. The summed E-state index contributed by atoms with van der Waals surface area (Å²) >= 11 is 0. The maximum absolute atomic E-state index is 11.7. The molecule has 2 N–H and O–H groups in total. The van der Waals surface area contributed by atoms with E-state index in [1.807, 2.05) is 0 Å². The van der Waals surface area contributed by atoms with Gasteiger partial charge >= 0.3 is 0 Å². The molecule has 0 aliphatic heterocycles. The van der Waals surface area contributed by atoms with Crippen LogP contribution in [0.5, 0.6) is 0 Å². The van der Waals surface area contributed by atoms with E-state index in [9.17, 15) is 9.90 Å². The third-order valence-electron chi connectivity index (χ3n) is 3.26. The van der Waals surface area contributed by atoms with Gasteiger partial charge in [0.05, 0.1) is 11.8 Å². The standard InChI is InChI=1S/C12H18N2O3/c1-8-11(17-7-14-8)12(16)13-6-9-3-2-4-10(15)5-9/h7,9-10,15H,2-6H2,1H3,(H,13,16). The van der Waals surface area contributed by atoms with Gasteiger partial charge < -0.3 is 14.8 Å². The minimum atomic E-state index is -0.222. The van der Waals surface area contributed by atoms with Crippen LogP contribution in [-0.2, 0) is 0 Å². The molecule has 2 atom stereocenters. The van der Waals surface area contributed by atoms with Crippen LogP contribution in [0.3, 0.4) is 0 Å². The second kappa shape index (κ2) is 5.31. The number of oxazole rings is 1. The Bertz CT molecular complexity index is 389. The lowest BCUT2D eigenvalue weighted by atomic mass is 9.87. The van der Waals surface area contributed by atoms with Crippen LogP contribution < -0.4 is 5.32 Å². The molecule has 1 amide bonds. The fraction of sp³-hybridized carbons (Fsp3) is 0.667. The lowest BCUT2D eigenvalue weighted by Gasteiger charge is -2.25. The molecule has 2 rings (SSSR count). The number of aromatic nitrogens is 1. The molecule has 5 nitrogen and oxygen atoms in total. The predicted molar refractivity (Wildman–Crippen MR) is 61.5 cm³/mol. The third-order valence-corrected chi connectivity index (χ3v) is 3.26. The minimum absolute atomic E-state index is 0.210. The predicted octanol–water partition coefficient (Wildman–Crippen LogP) is 1.26. The number of aliphatic hydroxyl groups excluding tert-OH is 1. The smallest absolute Gasteiger partial charge is 0.289 e. The van der Waals surface area contributed by atoms with Crippen LogP contribution in [0.25, 0.3) is 0 Å². The van der Waals surface area contributed by atoms with E-state index in [1.54, 1.807) is 6.92 Å². The lowest BCUT2D eigenvalue weighted by molar-refractivity contribution is 0.0853. The monoisotopic (exact) mass is 238 g/mol. The highest BCUT2D eigenvalue weighted by Gasteiger charge is 2.21. The highest BCUT2D eigenvalue weighted by atomic mass is 16.3. The Morgan fingerprint density at radius 2 is 2.47 bits per heavy atom. The van der Waals surface area contributed by atoms with Gasteiger partial charge in [-0.1, -0.05) is 6.42 Å². The van der Waals surface area contributed by atoms with Gasteiger partial charge in [-0.3, -0.25) is 4.79 Å². The first-order valence-electron chi connectivity index (χ1n) is 6.03. The van der Waals surface area contributed by atoms with E-state index in [4.69, 9.17) is 4.42 Å². The second-order valence-electron chi connectivity index (χ2n) is 4.66. The molecule has 0 aromatic carbocycles. The molecule has 5 heteroatoms. The van der Waals surface area contributed by atoms with Crippen molar-refractivity contribution < 1.29 is 14.3 Å². The summed E-state index contributed by atoms with van der Waals surface area (Å²) in [6.07, 6.45) is 4.81. The van der Waals surface area contributed by atoms with E-state index < -0.39 is 0 Å². The molecule has 1 fully saturated rings. The van der Waals surface area contributed by atoms with Gasteiger partial charge in [-0.15, -0.1) is 0 Å². The normalized spacial score (nSPS) is 24.6. The van der Waals surface area contributed by atoms with Crippen molar-refractivity contribution in [1.29, 1.82) is 0 Å². The topological polar surface area (TPSA) is 75.4 Å². The van der Waals surface area contributed by atoms with Crippen LogP contribution >= 0.6 is 0 Å².